The van der Waals surface area contributed by atoms with Gasteiger partial charge in [0.05, 0.1) is 17.8 Å². The number of fused-ring (bicyclic) bond motifs is 2. The molecule has 3 N–H and O–H groups in total. The lowest BCUT2D eigenvalue weighted by Gasteiger charge is -2.31. The van der Waals surface area contributed by atoms with Crippen LogP contribution in [0.4, 0.5) is 5.69 Å². The Bertz CT molecular complexity index is 930. The topological polar surface area (TPSA) is 103 Å². The van der Waals surface area contributed by atoms with E-state index in [0.29, 0.717) is 28.1 Å². The lowest BCUT2D eigenvalue weighted by molar-refractivity contribution is -0.907. The number of benzene rings is 1. The number of aromatic nitrogens is 1. The van der Waals surface area contributed by atoms with Gasteiger partial charge in [0.25, 0.3) is 5.91 Å². The summed E-state index contributed by atoms with van der Waals surface area (Å²) in [5.74, 6) is 0.462. The molecule has 0 saturated carbocycles. The Labute approximate surface area is 168 Å². The largest absolute Gasteiger partial charge is 0.461 e. The van der Waals surface area contributed by atoms with Crippen molar-refractivity contribution in [3.05, 3.63) is 17.8 Å². The minimum atomic E-state index is -0.526. The van der Waals surface area contributed by atoms with Crippen LogP contribution < -0.4 is 19.7 Å². The van der Waals surface area contributed by atoms with Gasteiger partial charge in [0.15, 0.2) is 18.0 Å². The molecule has 2 aliphatic rings. The van der Waals surface area contributed by atoms with Gasteiger partial charge in [-0.1, -0.05) is 0 Å². The molecule has 1 amide bonds. The van der Waals surface area contributed by atoms with E-state index < -0.39 is 5.97 Å². The highest BCUT2D eigenvalue weighted by Gasteiger charge is 2.29. The van der Waals surface area contributed by atoms with E-state index in [-0.39, 0.29) is 43.8 Å². The summed E-state index contributed by atoms with van der Waals surface area (Å²) >= 11 is 0. The molecule has 4 rings (SSSR count). The van der Waals surface area contributed by atoms with Crippen molar-refractivity contribution in [3.8, 4) is 11.5 Å². The number of nitrogens with one attached hydrogen (secondary N) is 3. The molecule has 1 saturated heterocycles. The van der Waals surface area contributed by atoms with Crippen molar-refractivity contribution < 1.29 is 33.4 Å². The first-order valence-electron chi connectivity index (χ1n) is 9.86. The number of H-pyrrole nitrogens is 1. The average molecular weight is 404 g/mol. The molecule has 9 nitrogen and oxygen atoms in total. The third-order valence-corrected chi connectivity index (χ3v) is 5.06. The van der Waals surface area contributed by atoms with Crippen molar-refractivity contribution in [2.45, 2.75) is 33.0 Å². The first-order chi connectivity index (χ1) is 13.9. The number of rotatable bonds is 5. The fourth-order valence-electron chi connectivity index (χ4n) is 4.01. The zero-order valence-electron chi connectivity index (χ0n) is 16.8. The van der Waals surface area contributed by atoms with Crippen LogP contribution in [0, 0.1) is 0 Å². The van der Waals surface area contributed by atoms with Gasteiger partial charge in [-0.15, -0.1) is 0 Å². The number of esters is 1. The molecule has 3 heterocycles. The summed E-state index contributed by atoms with van der Waals surface area (Å²) in [4.78, 5) is 29.5. The third-order valence-electron chi connectivity index (χ3n) is 5.06. The summed E-state index contributed by atoms with van der Waals surface area (Å²) in [5.41, 5.74) is 1.27. The molecule has 0 aliphatic carbocycles. The Morgan fingerprint density at radius 1 is 1.21 bits per heavy atom. The summed E-state index contributed by atoms with van der Waals surface area (Å²) in [5, 5.41) is 3.58. The van der Waals surface area contributed by atoms with Gasteiger partial charge in [-0.2, -0.15) is 0 Å². The van der Waals surface area contributed by atoms with Crippen molar-refractivity contribution in [2.75, 3.05) is 38.4 Å². The number of hydrogen-bond acceptors (Lipinski definition) is 6. The van der Waals surface area contributed by atoms with Crippen molar-refractivity contribution in [2.24, 2.45) is 0 Å². The van der Waals surface area contributed by atoms with E-state index in [1.165, 1.54) is 0 Å². The molecule has 1 fully saturated rings. The number of ether oxygens (including phenoxy) is 4. The number of amides is 1. The Balaban J connectivity index is 1.61. The van der Waals surface area contributed by atoms with E-state index in [2.05, 4.69) is 10.3 Å². The van der Waals surface area contributed by atoms with E-state index in [9.17, 15) is 9.59 Å². The third kappa shape index (κ3) is 4.01. The maximum Gasteiger partial charge on any atom is 0.356 e. The van der Waals surface area contributed by atoms with Gasteiger partial charge < -0.3 is 34.1 Å². The maximum absolute atomic E-state index is 12.8. The van der Waals surface area contributed by atoms with E-state index in [1.54, 1.807) is 19.1 Å². The highest BCUT2D eigenvalue weighted by Crippen LogP contribution is 2.39. The summed E-state index contributed by atoms with van der Waals surface area (Å²) in [6.45, 7) is 7.94. The van der Waals surface area contributed by atoms with Crippen LogP contribution >= 0.6 is 0 Å². The van der Waals surface area contributed by atoms with E-state index in [1.807, 2.05) is 13.8 Å². The second-order valence-corrected chi connectivity index (χ2v) is 7.49. The molecule has 156 valence electrons. The van der Waals surface area contributed by atoms with E-state index in [4.69, 9.17) is 18.9 Å². The minimum Gasteiger partial charge on any atom is -0.461 e. The lowest BCUT2D eigenvalue weighted by Crippen LogP contribution is -3.16. The van der Waals surface area contributed by atoms with Crippen LogP contribution in [-0.2, 0) is 14.3 Å². The average Bonchev–Trinajstić information content (AvgIpc) is 3.23. The number of carbonyl (C=O) groups excluding carboxylic acids is 2. The second-order valence-electron chi connectivity index (χ2n) is 7.49. The van der Waals surface area contributed by atoms with Gasteiger partial charge in [0, 0.05) is 11.5 Å². The summed E-state index contributed by atoms with van der Waals surface area (Å²) in [6, 6.07) is 3.52. The maximum atomic E-state index is 12.8. The molecule has 0 bridgehead atoms. The molecule has 0 spiro atoms. The van der Waals surface area contributed by atoms with Crippen molar-refractivity contribution in [3.63, 3.8) is 0 Å². The number of morpholine rings is 1. The van der Waals surface area contributed by atoms with Crippen LogP contribution in [-0.4, -0.2) is 62.1 Å². The molecule has 9 heteroatoms. The van der Waals surface area contributed by atoms with Crippen LogP contribution in [0.15, 0.2) is 12.1 Å². The molecular weight excluding hydrogens is 378 g/mol. The normalized spacial score (nSPS) is 23.2. The standard InChI is InChI=1S/C20H25N3O6/c1-4-26-20(25)19-18(13-5-15-16(28-10-27-15)6-14(13)21-19)22-17(24)9-23-7-11(2)29-12(3)8-23/h5-6,11-12,21H,4,7-10H2,1-3H3,(H,22,24)/p+1/t11-,12-/m0/s1. The van der Waals surface area contributed by atoms with Crippen LogP contribution in [0.1, 0.15) is 31.3 Å². The molecule has 2 aliphatic heterocycles. The van der Waals surface area contributed by atoms with Crippen molar-refractivity contribution >= 4 is 28.5 Å². The Hall–Kier alpha value is -2.78. The first-order valence-corrected chi connectivity index (χ1v) is 9.86. The minimum absolute atomic E-state index is 0.101. The summed E-state index contributed by atoms with van der Waals surface area (Å²) in [6.07, 6.45) is 0.203. The number of carbonyl (C=O) groups is 2. The molecule has 2 aromatic rings. The predicted octanol–water partition coefficient (Wildman–Crippen LogP) is 0.704. The fraction of sp³-hybridized carbons (Fsp3) is 0.500. The summed E-state index contributed by atoms with van der Waals surface area (Å²) < 4.78 is 21.7. The second kappa shape index (κ2) is 7.92. The Morgan fingerprint density at radius 3 is 2.59 bits per heavy atom. The molecule has 2 atom stereocenters. The van der Waals surface area contributed by atoms with E-state index >= 15 is 0 Å². The smallest absolute Gasteiger partial charge is 0.356 e. The van der Waals surface area contributed by atoms with Gasteiger partial charge in [-0.25, -0.2) is 4.79 Å². The number of quaternary nitrogens is 1. The van der Waals surface area contributed by atoms with Gasteiger partial charge >= 0.3 is 5.97 Å². The molecule has 1 aromatic heterocycles. The van der Waals surface area contributed by atoms with E-state index in [0.717, 1.165) is 18.0 Å². The quantitative estimate of drug-likeness (QED) is 0.634. The van der Waals surface area contributed by atoms with Crippen LogP contribution in [0.2, 0.25) is 0 Å². The molecule has 0 radical (unpaired) electrons. The number of aromatic amines is 1. The predicted molar refractivity (Wildman–Crippen MR) is 105 cm³/mol. The number of hydrogen-bond donors (Lipinski definition) is 3. The lowest BCUT2D eigenvalue weighted by atomic mass is 10.2. The van der Waals surface area contributed by atoms with Crippen molar-refractivity contribution in [1.29, 1.82) is 0 Å². The van der Waals surface area contributed by atoms with Crippen molar-refractivity contribution in [1.82, 2.24) is 4.98 Å². The van der Waals surface area contributed by atoms with Crippen LogP contribution in [0.5, 0.6) is 11.5 Å². The number of anilines is 1. The zero-order chi connectivity index (χ0) is 20.5. The molecular formula is C20H26N3O6+. The van der Waals surface area contributed by atoms with Crippen LogP contribution in [0.25, 0.3) is 10.9 Å². The summed E-state index contributed by atoms with van der Waals surface area (Å²) in [7, 11) is 0. The SMILES string of the molecule is CCOC(=O)c1[nH]c2cc3c(cc2c1NC(=O)C[NH+]1C[C@H](C)O[C@@H](C)C1)OCO3. The van der Waals surface area contributed by atoms with Gasteiger partial charge in [-0.05, 0) is 26.8 Å². The van der Waals surface area contributed by atoms with Gasteiger partial charge in [-0.3, -0.25) is 4.79 Å². The van der Waals surface area contributed by atoms with Crippen LogP contribution in [0.3, 0.4) is 0 Å². The fourth-order valence-corrected chi connectivity index (χ4v) is 4.01. The van der Waals surface area contributed by atoms with Gasteiger partial charge in [0.2, 0.25) is 6.79 Å². The van der Waals surface area contributed by atoms with Gasteiger partial charge in [0.1, 0.15) is 31.0 Å². The highest BCUT2D eigenvalue weighted by atomic mass is 16.7. The Morgan fingerprint density at radius 2 is 1.90 bits per heavy atom. The molecule has 29 heavy (non-hydrogen) atoms. The first kappa shape index (κ1) is 19.5. The molecule has 1 aromatic carbocycles. The highest BCUT2D eigenvalue weighted by molar-refractivity contribution is 6.11. The molecule has 0 unspecified atom stereocenters. The monoisotopic (exact) mass is 404 g/mol. The Kier molecular flexibility index (Phi) is 5.33. The zero-order valence-corrected chi connectivity index (χ0v) is 16.8.